The third-order valence-electron chi connectivity index (χ3n) is 6.13. The van der Waals surface area contributed by atoms with Gasteiger partial charge in [-0.1, -0.05) is 0 Å². The van der Waals surface area contributed by atoms with Crippen molar-refractivity contribution in [3.63, 3.8) is 0 Å². The van der Waals surface area contributed by atoms with Crippen LogP contribution in [0.4, 0.5) is 4.39 Å². The summed E-state index contributed by atoms with van der Waals surface area (Å²) in [6.07, 6.45) is 2.36. The molecule has 7 nitrogen and oxygen atoms in total. The van der Waals surface area contributed by atoms with Crippen molar-refractivity contribution in [2.24, 2.45) is 17.6 Å². The number of likely N-dealkylation sites (tertiary alicyclic amines) is 1. The zero-order chi connectivity index (χ0) is 20.3. The summed E-state index contributed by atoms with van der Waals surface area (Å²) in [7, 11) is 5.12. The van der Waals surface area contributed by atoms with E-state index in [0.29, 0.717) is 13.0 Å². The lowest BCUT2D eigenvalue weighted by Crippen LogP contribution is -2.54. The fourth-order valence-corrected chi connectivity index (χ4v) is 4.33. The van der Waals surface area contributed by atoms with Gasteiger partial charge >= 0.3 is 0 Å². The van der Waals surface area contributed by atoms with Gasteiger partial charge in [-0.2, -0.15) is 0 Å². The van der Waals surface area contributed by atoms with Crippen molar-refractivity contribution in [1.82, 2.24) is 14.7 Å². The van der Waals surface area contributed by atoms with E-state index in [9.17, 15) is 18.8 Å². The summed E-state index contributed by atoms with van der Waals surface area (Å²) in [6, 6.07) is -0.802. The fraction of sp³-hybridized carbons (Fsp3) is 0.842. The highest BCUT2D eigenvalue weighted by Gasteiger charge is 2.42. The first-order valence-electron chi connectivity index (χ1n) is 9.76. The van der Waals surface area contributed by atoms with E-state index in [1.807, 2.05) is 0 Å². The number of nitrogens with zero attached hydrogens (tertiary/aromatic N) is 3. The smallest absolute Gasteiger partial charge is 0.240 e. The molecule has 154 valence electrons. The fourth-order valence-electron chi connectivity index (χ4n) is 4.33. The van der Waals surface area contributed by atoms with Gasteiger partial charge in [0.1, 0.15) is 6.17 Å². The Morgan fingerprint density at radius 3 is 2.11 bits per heavy atom. The molecule has 0 bridgehead atoms. The van der Waals surface area contributed by atoms with Crippen LogP contribution in [-0.4, -0.2) is 84.9 Å². The standard InChI is InChI=1S/C19H33FN4O3/c1-12(25)23(4)15-7-5-13(6-8-15)16(18(26)22(2)3)17(21)19(27)24-10-9-14(20)11-24/h13-17H,5-11,21H2,1-4H3/t13?,14-,15?,16-,17-/m0/s1. The molecule has 1 saturated heterocycles. The van der Waals surface area contributed by atoms with Crippen LogP contribution in [0.15, 0.2) is 0 Å². The maximum Gasteiger partial charge on any atom is 0.240 e. The molecule has 3 atom stereocenters. The summed E-state index contributed by atoms with van der Waals surface area (Å²) in [5, 5.41) is 0. The Kier molecular flexibility index (Phi) is 7.19. The van der Waals surface area contributed by atoms with Gasteiger partial charge in [0.2, 0.25) is 17.7 Å². The van der Waals surface area contributed by atoms with Crippen LogP contribution in [0.1, 0.15) is 39.0 Å². The topological polar surface area (TPSA) is 87.0 Å². The Morgan fingerprint density at radius 1 is 1.07 bits per heavy atom. The summed E-state index contributed by atoms with van der Waals surface area (Å²) in [4.78, 5) is 41.9. The van der Waals surface area contributed by atoms with Crippen molar-refractivity contribution in [3.05, 3.63) is 0 Å². The minimum absolute atomic E-state index is 0.0146. The van der Waals surface area contributed by atoms with Crippen LogP contribution >= 0.6 is 0 Å². The van der Waals surface area contributed by atoms with Crippen LogP contribution in [0.25, 0.3) is 0 Å². The van der Waals surface area contributed by atoms with E-state index in [-0.39, 0.29) is 36.2 Å². The van der Waals surface area contributed by atoms with Crippen LogP contribution < -0.4 is 5.73 Å². The molecule has 3 amide bonds. The number of hydrogen-bond donors (Lipinski definition) is 1. The second-order valence-electron chi connectivity index (χ2n) is 8.15. The number of carbonyl (C=O) groups excluding carboxylic acids is 3. The Hall–Kier alpha value is -1.70. The lowest BCUT2D eigenvalue weighted by molar-refractivity contribution is -0.143. The minimum Gasteiger partial charge on any atom is -0.349 e. The SMILES string of the molecule is CC(=O)N(C)C1CCC([C@H](C(=O)N(C)C)[C@H](N)C(=O)N2CC[C@H](F)C2)CC1. The highest BCUT2D eigenvalue weighted by molar-refractivity contribution is 5.90. The highest BCUT2D eigenvalue weighted by atomic mass is 19.1. The molecular weight excluding hydrogens is 351 g/mol. The molecule has 1 aliphatic heterocycles. The van der Waals surface area contributed by atoms with Crippen molar-refractivity contribution in [1.29, 1.82) is 0 Å². The molecule has 2 fully saturated rings. The van der Waals surface area contributed by atoms with E-state index < -0.39 is 18.1 Å². The number of rotatable bonds is 5. The van der Waals surface area contributed by atoms with Gasteiger partial charge in [0, 0.05) is 40.7 Å². The van der Waals surface area contributed by atoms with Crippen LogP contribution in [0.3, 0.4) is 0 Å². The molecule has 27 heavy (non-hydrogen) atoms. The van der Waals surface area contributed by atoms with Crippen molar-refractivity contribution in [2.75, 3.05) is 34.2 Å². The van der Waals surface area contributed by atoms with Crippen molar-refractivity contribution in [3.8, 4) is 0 Å². The van der Waals surface area contributed by atoms with Gasteiger partial charge in [-0.05, 0) is 38.0 Å². The lowest BCUT2D eigenvalue weighted by Gasteiger charge is -2.39. The number of alkyl halides is 1. The molecule has 2 aliphatic rings. The molecule has 0 spiro atoms. The van der Waals surface area contributed by atoms with Crippen LogP contribution in [0.2, 0.25) is 0 Å². The second kappa shape index (κ2) is 8.99. The maximum atomic E-state index is 13.5. The molecule has 1 heterocycles. The molecule has 0 aromatic carbocycles. The molecule has 2 N–H and O–H groups in total. The first-order chi connectivity index (χ1) is 12.6. The van der Waals surface area contributed by atoms with Crippen molar-refractivity contribution < 1.29 is 18.8 Å². The van der Waals surface area contributed by atoms with E-state index in [0.717, 1.165) is 25.7 Å². The monoisotopic (exact) mass is 384 g/mol. The Morgan fingerprint density at radius 2 is 1.67 bits per heavy atom. The summed E-state index contributed by atoms with van der Waals surface area (Å²) < 4.78 is 13.5. The van der Waals surface area contributed by atoms with Gasteiger partial charge in [0.05, 0.1) is 18.5 Å². The van der Waals surface area contributed by atoms with E-state index >= 15 is 0 Å². The van der Waals surface area contributed by atoms with Crippen molar-refractivity contribution in [2.45, 2.75) is 57.3 Å². The molecule has 0 aromatic heterocycles. The predicted octanol–water partition coefficient (Wildman–Crippen LogP) is 0.626. The van der Waals surface area contributed by atoms with E-state index in [4.69, 9.17) is 5.73 Å². The molecule has 1 saturated carbocycles. The molecule has 8 heteroatoms. The summed E-state index contributed by atoms with van der Waals surface area (Å²) >= 11 is 0. The summed E-state index contributed by atoms with van der Waals surface area (Å²) in [5.41, 5.74) is 6.27. The van der Waals surface area contributed by atoms with E-state index in [2.05, 4.69) is 0 Å². The molecule has 0 unspecified atom stereocenters. The summed E-state index contributed by atoms with van der Waals surface area (Å²) in [6.45, 7) is 1.96. The van der Waals surface area contributed by atoms with E-state index in [1.54, 1.807) is 33.0 Å². The Bertz CT molecular complexity index is 563. The number of amides is 3. The van der Waals surface area contributed by atoms with Gasteiger partial charge in [0.25, 0.3) is 0 Å². The average Bonchev–Trinajstić information content (AvgIpc) is 3.07. The molecular formula is C19H33FN4O3. The molecule has 1 aliphatic carbocycles. The number of nitrogens with two attached hydrogens (primary N) is 1. The zero-order valence-corrected chi connectivity index (χ0v) is 16.9. The number of hydrogen-bond acceptors (Lipinski definition) is 4. The Labute approximate surface area is 161 Å². The zero-order valence-electron chi connectivity index (χ0n) is 16.9. The highest BCUT2D eigenvalue weighted by Crippen LogP contribution is 2.35. The van der Waals surface area contributed by atoms with Crippen LogP contribution in [0.5, 0.6) is 0 Å². The van der Waals surface area contributed by atoms with Crippen LogP contribution in [0, 0.1) is 11.8 Å². The molecule has 2 rings (SSSR count). The third kappa shape index (κ3) is 4.97. The van der Waals surface area contributed by atoms with Gasteiger partial charge in [0.15, 0.2) is 0 Å². The minimum atomic E-state index is -1.01. The number of carbonyl (C=O) groups is 3. The first kappa shape index (κ1) is 21.6. The summed E-state index contributed by atoms with van der Waals surface area (Å²) in [5.74, 6) is -1.09. The Balaban J connectivity index is 2.10. The van der Waals surface area contributed by atoms with Gasteiger partial charge in [-0.3, -0.25) is 14.4 Å². The maximum absolute atomic E-state index is 13.5. The molecule has 0 radical (unpaired) electrons. The van der Waals surface area contributed by atoms with Gasteiger partial charge in [-0.15, -0.1) is 0 Å². The van der Waals surface area contributed by atoms with Gasteiger partial charge < -0.3 is 20.4 Å². The number of halogens is 1. The normalized spacial score (nSPS) is 27.8. The lowest BCUT2D eigenvalue weighted by atomic mass is 9.74. The van der Waals surface area contributed by atoms with Crippen molar-refractivity contribution >= 4 is 17.7 Å². The van der Waals surface area contributed by atoms with Crippen LogP contribution in [-0.2, 0) is 14.4 Å². The third-order valence-corrected chi connectivity index (χ3v) is 6.13. The second-order valence-corrected chi connectivity index (χ2v) is 8.15. The quantitative estimate of drug-likeness (QED) is 0.753. The first-order valence-corrected chi connectivity index (χ1v) is 9.76. The molecule has 0 aromatic rings. The van der Waals surface area contributed by atoms with Gasteiger partial charge in [-0.25, -0.2) is 4.39 Å². The van der Waals surface area contributed by atoms with E-state index in [1.165, 1.54) is 9.80 Å². The largest absolute Gasteiger partial charge is 0.349 e. The average molecular weight is 384 g/mol. The predicted molar refractivity (Wildman–Crippen MR) is 100 cm³/mol.